The lowest BCUT2D eigenvalue weighted by molar-refractivity contribution is 0.210. The fourth-order valence-electron chi connectivity index (χ4n) is 3.26. The first-order valence-electron chi connectivity index (χ1n) is 9.59. The second-order valence-corrected chi connectivity index (χ2v) is 6.76. The van der Waals surface area contributed by atoms with Gasteiger partial charge in [0.05, 0.1) is 13.7 Å². The number of rotatable bonds is 7. The lowest BCUT2D eigenvalue weighted by Gasteiger charge is -2.15. The molecule has 0 aliphatic heterocycles. The standard InChI is InChI=1S/C23H20F2N4O2/c1-30-9-8-27-23-18-10-15(17-12-16(24)5-6-19(17)25)11-20(31-2)21(18)28-22(29-23)14-4-3-7-26-13-14/h3-7,10-13H,8-9H2,1-2H3,(H,27,28,29). The monoisotopic (exact) mass is 422 g/mol. The van der Waals surface area contributed by atoms with E-state index in [1.807, 2.05) is 6.07 Å². The lowest BCUT2D eigenvalue weighted by atomic mass is 10.0. The maximum Gasteiger partial charge on any atom is 0.163 e. The predicted molar refractivity (Wildman–Crippen MR) is 115 cm³/mol. The molecule has 1 N–H and O–H groups in total. The van der Waals surface area contributed by atoms with Gasteiger partial charge in [0.2, 0.25) is 0 Å². The first-order chi connectivity index (χ1) is 15.1. The number of pyridine rings is 1. The Morgan fingerprint density at radius 3 is 2.61 bits per heavy atom. The fraction of sp³-hybridized carbons (Fsp3) is 0.174. The minimum absolute atomic E-state index is 0.124. The van der Waals surface area contributed by atoms with Crippen molar-refractivity contribution in [3.8, 4) is 28.3 Å². The highest BCUT2D eigenvalue weighted by Crippen LogP contribution is 2.36. The van der Waals surface area contributed by atoms with Crippen molar-refractivity contribution in [2.24, 2.45) is 0 Å². The molecule has 2 aromatic carbocycles. The molecule has 0 unspecified atom stereocenters. The van der Waals surface area contributed by atoms with E-state index < -0.39 is 11.6 Å². The quantitative estimate of drug-likeness (QED) is 0.435. The summed E-state index contributed by atoms with van der Waals surface area (Å²) in [7, 11) is 3.11. The summed E-state index contributed by atoms with van der Waals surface area (Å²) in [6.45, 7) is 0.957. The third-order valence-electron chi connectivity index (χ3n) is 4.74. The molecule has 8 heteroatoms. The second kappa shape index (κ2) is 9.01. The van der Waals surface area contributed by atoms with Crippen molar-refractivity contribution in [2.45, 2.75) is 0 Å². The van der Waals surface area contributed by atoms with Gasteiger partial charge in [-0.1, -0.05) is 0 Å². The summed E-state index contributed by atoms with van der Waals surface area (Å²) in [6, 6.07) is 10.3. The highest BCUT2D eigenvalue weighted by Gasteiger charge is 2.17. The number of halogens is 2. The number of benzene rings is 2. The van der Waals surface area contributed by atoms with Crippen molar-refractivity contribution in [1.82, 2.24) is 15.0 Å². The van der Waals surface area contributed by atoms with Gasteiger partial charge in [-0.05, 0) is 48.0 Å². The summed E-state index contributed by atoms with van der Waals surface area (Å²) < 4.78 is 38.9. The van der Waals surface area contributed by atoms with Crippen LogP contribution in [0.1, 0.15) is 0 Å². The molecular formula is C23H20F2N4O2. The fourth-order valence-corrected chi connectivity index (χ4v) is 3.26. The lowest BCUT2D eigenvalue weighted by Crippen LogP contribution is -2.10. The number of anilines is 1. The number of fused-ring (bicyclic) bond motifs is 1. The van der Waals surface area contributed by atoms with Crippen LogP contribution < -0.4 is 10.1 Å². The summed E-state index contributed by atoms with van der Waals surface area (Å²) in [4.78, 5) is 13.4. The molecule has 0 spiro atoms. The molecule has 158 valence electrons. The average molecular weight is 422 g/mol. The zero-order chi connectivity index (χ0) is 21.8. The van der Waals surface area contributed by atoms with Gasteiger partial charge in [-0.15, -0.1) is 0 Å². The molecule has 0 aliphatic carbocycles. The van der Waals surface area contributed by atoms with Gasteiger partial charge in [0.1, 0.15) is 28.7 Å². The van der Waals surface area contributed by atoms with Gasteiger partial charge >= 0.3 is 0 Å². The summed E-state index contributed by atoms with van der Waals surface area (Å²) in [5.74, 6) is 0.335. The van der Waals surface area contributed by atoms with Crippen LogP contribution in [0.4, 0.5) is 14.6 Å². The molecule has 0 bridgehead atoms. The molecule has 31 heavy (non-hydrogen) atoms. The Bertz CT molecular complexity index is 1220. The second-order valence-electron chi connectivity index (χ2n) is 6.76. The van der Waals surface area contributed by atoms with Gasteiger partial charge in [0.25, 0.3) is 0 Å². The summed E-state index contributed by atoms with van der Waals surface area (Å²) >= 11 is 0. The Balaban J connectivity index is 1.95. The molecule has 6 nitrogen and oxygen atoms in total. The third-order valence-corrected chi connectivity index (χ3v) is 4.74. The molecule has 0 aliphatic rings. The molecule has 0 amide bonds. The van der Waals surface area contributed by atoms with Crippen molar-refractivity contribution in [3.63, 3.8) is 0 Å². The Labute approximate surface area is 177 Å². The average Bonchev–Trinajstić information content (AvgIpc) is 2.80. The minimum atomic E-state index is -0.537. The van der Waals surface area contributed by atoms with Crippen molar-refractivity contribution in [3.05, 3.63) is 66.5 Å². The number of methoxy groups -OCH3 is 2. The maximum absolute atomic E-state index is 14.4. The normalized spacial score (nSPS) is 11.0. The van der Waals surface area contributed by atoms with Crippen molar-refractivity contribution < 1.29 is 18.3 Å². The number of nitrogens with zero attached hydrogens (tertiary/aromatic N) is 3. The zero-order valence-corrected chi connectivity index (χ0v) is 17.0. The molecule has 2 aromatic heterocycles. The Kier molecular flexibility index (Phi) is 5.99. The van der Waals surface area contributed by atoms with Crippen LogP contribution in [-0.4, -0.2) is 42.3 Å². The van der Waals surface area contributed by atoms with Crippen molar-refractivity contribution >= 4 is 16.7 Å². The first-order valence-corrected chi connectivity index (χ1v) is 9.59. The van der Waals surface area contributed by atoms with E-state index in [0.29, 0.717) is 47.0 Å². The van der Waals surface area contributed by atoms with E-state index in [2.05, 4.69) is 20.3 Å². The molecule has 0 atom stereocenters. The Hall–Kier alpha value is -3.65. The van der Waals surface area contributed by atoms with Crippen LogP contribution >= 0.6 is 0 Å². The smallest absolute Gasteiger partial charge is 0.163 e. The Morgan fingerprint density at radius 2 is 1.87 bits per heavy atom. The van der Waals surface area contributed by atoms with E-state index in [4.69, 9.17) is 9.47 Å². The van der Waals surface area contributed by atoms with Crippen LogP contribution in [0.15, 0.2) is 54.9 Å². The van der Waals surface area contributed by atoms with Crippen LogP contribution in [0.5, 0.6) is 5.75 Å². The summed E-state index contributed by atoms with van der Waals surface area (Å²) in [5.41, 5.74) is 1.85. The maximum atomic E-state index is 14.4. The number of ether oxygens (including phenoxy) is 2. The summed E-state index contributed by atoms with van der Waals surface area (Å²) in [5, 5.41) is 3.85. The van der Waals surface area contributed by atoms with Gasteiger partial charge in [-0.25, -0.2) is 18.7 Å². The molecule has 4 aromatic rings. The predicted octanol–water partition coefficient (Wildman–Crippen LogP) is 4.70. The van der Waals surface area contributed by atoms with E-state index in [1.54, 1.807) is 37.7 Å². The van der Waals surface area contributed by atoms with E-state index in [1.165, 1.54) is 7.11 Å². The molecule has 0 fully saturated rings. The van der Waals surface area contributed by atoms with Gasteiger partial charge < -0.3 is 14.8 Å². The number of nitrogens with one attached hydrogen (secondary N) is 1. The molecule has 0 radical (unpaired) electrons. The van der Waals surface area contributed by atoms with Gasteiger partial charge in [0.15, 0.2) is 5.82 Å². The minimum Gasteiger partial charge on any atom is -0.494 e. The highest BCUT2D eigenvalue weighted by molar-refractivity contribution is 5.97. The topological polar surface area (TPSA) is 69.2 Å². The number of aromatic nitrogens is 3. The van der Waals surface area contributed by atoms with Crippen LogP contribution in [0.25, 0.3) is 33.4 Å². The summed E-state index contributed by atoms with van der Waals surface area (Å²) in [6.07, 6.45) is 3.34. The third kappa shape index (κ3) is 4.29. The first kappa shape index (κ1) is 20.6. The highest BCUT2D eigenvalue weighted by atomic mass is 19.1. The van der Waals surface area contributed by atoms with Crippen LogP contribution in [0, 0.1) is 11.6 Å². The number of hydrogen-bond donors (Lipinski definition) is 1. The SMILES string of the molecule is COCCNc1nc(-c2cccnc2)nc2c(OC)cc(-c3cc(F)ccc3F)cc12. The van der Waals surface area contributed by atoms with Gasteiger partial charge in [-0.2, -0.15) is 0 Å². The van der Waals surface area contributed by atoms with Crippen molar-refractivity contribution in [2.75, 3.05) is 32.7 Å². The number of hydrogen-bond acceptors (Lipinski definition) is 6. The van der Waals surface area contributed by atoms with Crippen molar-refractivity contribution in [1.29, 1.82) is 0 Å². The van der Waals surface area contributed by atoms with E-state index in [9.17, 15) is 8.78 Å². The Morgan fingerprint density at radius 1 is 1.00 bits per heavy atom. The van der Waals surface area contributed by atoms with Crippen LogP contribution in [-0.2, 0) is 4.74 Å². The van der Waals surface area contributed by atoms with E-state index in [-0.39, 0.29) is 5.56 Å². The van der Waals surface area contributed by atoms with E-state index >= 15 is 0 Å². The zero-order valence-electron chi connectivity index (χ0n) is 17.0. The molecular weight excluding hydrogens is 402 g/mol. The molecule has 2 heterocycles. The largest absolute Gasteiger partial charge is 0.494 e. The van der Waals surface area contributed by atoms with Crippen LogP contribution in [0.3, 0.4) is 0 Å². The molecule has 4 rings (SSSR count). The van der Waals surface area contributed by atoms with Gasteiger partial charge in [0, 0.05) is 42.6 Å². The van der Waals surface area contributed by atoms with Gasteiger partial charge in [-0.3, -0.25) is 4.98 Å². The van der Waals surface area contributed by atoms with Crippen LogP contribution in [0.2, 0.25) is 0 Å². The molecule has 0 saturated carbocycles. The van der Waals surface area contributed by atoms with E-state index in [0.717, 1.165) is 23.8 Å². The molecule has 0 saturated heterocycles.